The van der Waals surface area contributed by atoms with Crippen LogP contribution in [0.5, 0.6) is 0 Å². The summed E-state index contributed by atoms with van der Waals surface area (Å²) in [4.78, 5) is 13.1. The molecule has 0 aromatic carbocycles. The lowest BCUT2D eigenvalue weighted by Gasteiger charge is -2.53. The summed E-state index contributed by atoms with van der Waals surface area (Å²) in [7, 11) is 1.79. The minimum absolute atomic E-state index is 0.556. The Bertz CT molecular complexity index is 252. The molecule has 1 aliphatic rings. The highest BCUT2D eigenvalue weighted by molar-refractivity contribution is 5.79. The molecule has 1 rings (SSSR count). The van der Waals surface area contributed by atoms with Crippen molar-refractivity contribution in [3.05, 3.63) is 0 Å². The minimum Gasteiger partial charge on any atom is -0.480 e. The first-order chi connectivity index (χ1) is 6.24. The number of piperidine rings is 1. The Labute approximate surface area is 84.5 Å². The number of likely N-dealkylation sites (N-methyl/N-ethyl adjacent to an activating group) is 1. The molecule has 1 saturated heterocycles. The molecule has 0 amide bonds. The predicted octanol–water partition coefficient (Wildman–Crippen LogP) is 0.552. The molecule has 1 fully saturated rings. The summed E-state index contributed by atoms with van der Waals surface area (Å²) < 4.78 is 0. The van der Waals surface area contributed by atoms with Gasteiger partial charge in [0.2, 0.25) is 0 Å². The highest BCUT2D eigenvalue weighted by Gasteiger charge is 2.56. The smallest absolute Gasteiger partial charge is 0.324 e. The molecule has 0 aliphatic carbocycles. The second-order valence-corrected chi connectivity index (χ2v) is 4.83. The number of rotatable bonds is 1. The van der Waals surface area contributed by atoms with Crippen molar-refractivity contribution >= 4 is 5.97 Å². The average molecular weight is 201 g/mol. The largest absolute Gasteiger partial charge is 0.480 e. The van der Waals surface area contributed by atoms with Crippen LogP contribution in [0, 0.1) is 5.41 Å². The molecule has 4 heteroatoms. The van der Waals surface area contributed by atoms with E-state index in [0.717, 1.165) is 0 Å². The fraction of sp³-hybridized carbons (Fsp3) is 0.900. The maximum Gasteiger partial charge on any atom is 0.324 e. The highest BCUT2D eigenvalue weighted by Crippen LogP contribution is 2.43. The van der Waals surface area contributed by atoms with Crippen molar-refractivity contribution in [2.24, 2.45) is 5.41 Å². The van der Waals surface area contributed by atoms with E-state index in [2.05, 4.69) is 0 Å². The molecule has 2 atom stereocenters. The normalized spacial score (nSPS) is 38.2. The van der Waals surface area contributed by atoms with Gasteiger partial charge >= 0.3 is 5.97 Å². The number of nitrogens with zero attached hydrogens (tertiary/aromatic N) is 1. The number of carboxylic acids is 1. The molecule has 1 heterocycles. The minimum atomic E-state index is -0.995. The van der Waals surface area contributed by atoms with Gasteiger partial charge in [-0.25, -0.2) is 0 Å². The monoisotopic (exact) mass is 201 g/mol. The van der Waals surface area contributed by atoms with E-state index in [0.29, 0.717) is 13.0 Å². The van der Waals surface area contributed by atoms with E-state index in [4.69, 9.17) is 0 Å². The van der Waals surface area contributed by atoms with Crippen LogP contribution in [0.15, 0.2) is 0 Å². The van der Waals surface area contributed by atoms with Gasteiger partial charge in [-0.1, -0.05) is 13.8 Å². The number of likely N-dealkylation sites (tertiary alicyclic amines) is 1. The van der Waals surface area contributed by atoms with Gasteiger partial charge in [0.1, 0.15) is 5.54 Å². The van der Waals surface area contributed by atoms with E-state index in [1.807, 2.05) is 4.90 Å². The van der Waals surface area contributed by atoms with Crippen molar-refractivity contribution < 1.29 is 15.0 Å². The Balaban J connectivity index is 3.14. The Morgan fingerprint density at radius 3 is 2.29 bits per heavy atom. The lowest BCUT2D eigenvalue weighted by molar-refractivity contribution is -0.174. The van der Waals surface area contributed by atoms with Crippen molar-refractivity contribution in [2.45, 2.75) is 38.8 Å². The van der Waals surface area contributed by atoms with E-state index < -0.39 is 23.0 Å². The summed E-state index contributed by atoms with van der Waals surface area (Å²) in [5.41, 5.74) is -1.63. The third kappa shape index (κ3) is 1.25. The van der Waals surface area contributed by atoms with Crippen molar-refractivity contribution in [1.82, 2.24) is 4.90 Å². The number of aliphatic hydroxyl groups excluding tert-OH is 1. The highest BCUT2D eigenvalue weighted by atomic mass is 16.4. The van der Waals surface area contributed by atoms with Gasteiger partial charge < -0.3 is 10.2 Å². The summed E-state index contributed by atoms with van der Waals surface area (Å²) in [6.07, 6.45) is 0.0756. The number of aliphatic hydroxyl groups is 1. The Hall–Kier alpha value is -0.610. The topological polar surface area (TPSA) is 60.8 Å². The Morgan fingerprint density at radius 1 is 1.43 bits per heavy atom. The van der Waals surface area contributed by atoms with Crippen molar-refractivity contribution in [1.29, 1.82) is 0 Å². The van der Waals surface area contributed by atoms with E-state index in [1.165, 1.54) is 0 Å². The van der Waals surface area contributed by atoms with E-state index in [-0.39, 0.29) is 0 Å². The molecule has 4 nitrogen and oxygen atoms in total. The summed E-state index contributed by atoms with van der Waals surface area (Å²) in [6, 6.07) is 0. The first-order valence-corrected chi connectivity index (χ1v) is 4.87. The lowest BCUT2D eigenvalue weighted by atomic mass is 9.65. The Morgan fingerprint density at radius 2 is 1.93 bits per heavy atom. The fourth-order valence-corrected chi connectivity index (χ4v) is 2.16. The van der Waals surface area contributed by atoms with Gasteiger partial charge in [0.15, 0.2) is 0 Å². The van der Waals surface area contributed by atoms with Crippen LogP contribution in [-0.2, 0) is 4.79 Å². The zero-order chi connectivity index (χ0) is 11.1. The fourth-order valence-electron chi connectivity index (χ4n) is 2.16. The van der Waals surface area contributed by atoms with Gasteiger partial charge in [0.25, 0.3) is 0 Å². The van der Waals surface area contributed by atoms with Crippen LogP contribution in [0.3, 0.4) is 0 Å². The zero-order valence-electron chi connectivity index (χ0n) is 9.24. The third-order valence-corrected chi connectivity index (χ3v) is 4.01. The summed E-state index contributed by atoms with van der Waals surface area (Å²) in [6.45, 7) is 5.91. The van der Waals surface area contributed by atoms with E-state index in [9.17, 15) is 15.0 Å². The summed E-state index contributed by atoms with van der Waals surface area (Å²) >= 11 is 0. The van der Waals surface area contributed by atoms with Crippen molar-refractivity contribution in [3.63, 3.8) is 0 Å². The standard InChI is InChI=1S/C10H19NO3/c1-9(2)7(12)5-6-11(4)10(9,3)8(13)14/h7,12H,5-6H2,1-4H3,(H,13,14). The molecule has 2 N–H and O–H groups in total. The molecular formula is C10H19NO3. The number of hydrogen-bond donors (Lipinski definition) is 2. The second kappa shape index (κ2) is 3.21. The van der Waals surface area contributed by atoms with E-state index in [1.54, 1.807) is 27.8 Å². The van der Waals surface area contributed by atoms with Crippen LogP contribution in [0.4, 0.5) is 0 Å². The van der Waals surface area contributed by atoms with Gasteiger partial charge in [-0.3, -0.25) is 9.69 Å². The van der Waals surface area contributed by atoms with Crippen LogP contribution < -0.4 is 0 Å². The summed E-state index contributed by atoms with van der Waals surface area (Å²) in [5.74, 6) is -0.872. The van der Waals surface area contributed by atoms with Gasteiger partial charge in [-0.2, -0.15) is 0 Å². The number of hydrogen-bond acceptors (Lipinski definition) is 3. The molecular weight excluding hydrogens is 182 g/mol. The SMILES string of the molecule is CN1CCC(O)C(C)(C)C1(C)C(=O)O. The number of aliphatic carboxylic acids is 1. The van der Waals surface area contributed by atoms with Crippen LogP contribution in [0.2, 0.25) is 0 Å². The number of carboxylic acid groups (broad SMARTS) is 1. The second-order valence-electron chi connectivity index (χ2n) is 4.83. The molecule has 0 bridgehead atoms. The van der Waals surface area contributed by atoms with Gasteiger partial charge in [-0.05, 0) is 20.4 Å². The molecule has 0 radical (unpaired) electrons. The quantitative estimate of drug-likeness (QED) is 0.650. The van der Waals surface area contributed by atoms with Crippen LogP contribution in [0.1, 0.15) is 27.2 Å². The maximum atomic E-state index is 11.3. The number of carbonyl (C=O) groups is 1. The molecule has 82 valence electrons. The molecule has 2 unspecified atom stereocenters. The zero-order valence-corrected chi connectivity index (χ0v) is 9.24. The van der Waals surface area contributed by atoms with E-state index >= 15 is 0 Å². The van der Waals surface area contributed by atoms with Gasteiger partial charge in [0, 0.05) is 12.0 Å². The van der Waals surface area contributed by atoms with Gasteiger partial charge in [-0.15, -0.1) is 0 Å². The predicted molar refractivity (Wildman–Crippen MR) is 53.1 cm³/mol. The summed E-state index contributed by atoms with van der Waals surface area (Å²) in [5, 5.41) is 19.1. The lowest BCUT2D eigenvalue weighted by Crippen LogP contribution is -2.67. The van der Waals surface area contributed by atoms with Crippen LogP contribution in [-0.4, -0.2) is 46.3 Å². The molecule has 0 spiro atoms. The molecule has 0 aromatic heterocycles. The molecule has 14 heavy (non-hydrogen) atoms. The molecule has 0 aromatic rings. The first kappa shape index (κ1) is 11.5. The van der Waals surface area contributed by atoms with Crippen LogP contribution in [0.25, 0.3) is 0 Å². The van der Waals surface area contributed by atoms with Gasteiger partial charge in [0.05, 0.1) is 6.10 Å². The molecule has 0 saturated carbocycles. The maximum absolute atomic E-state index is 11.3. The Kier molecular flexibility index (Phi) is 2.63. The average Bonchev–Trinajstić information content (AvgIpc) is 2.09. The molecule has 1 aliphatic heterocycles. The van der Waals surface area contributed by atoms with Crippen LogP contribution >= 0.6 is 0 Å². The van der Waals surface area contributed by atoms with Crippen molar-refractivity contribution in [3.8, 4) is 0 Å². The third-order valence-electron chi connectivity index (χ3n) is 4.01. The van der Waals surface area contributed by atoms with Crippen molar-refractivity contribution in [2.75, 3.05) is 13.6 Å². The first-order valence-electron chi connectivity index (χ1n) is 4.87.